The van der Waals surface area contributed by atoms with E-state index in [4.69, 9.17) is 29.8 Å². The summed E-state index contributed by atoms with van der Waals surface area (Å²) in [6.45, 7) is 5.34. The second-order valence-electron chi connectivity index (χ2n) is 9.92. The zero-order chi connectivity index (χ0) is 30.1. The molecule has 0 radical (unpaired) electrons. The van der Waals surface area contributed by atoms with E-state index in [-0.39, 0.29) is 30.5 Å². The van der Waals surface area contributed by atoms with Gasteiger partial charge < -0.3 is 35.1 Å². The van der Waals surface area contributed by atoms with Gasteiger partial charge in [-0.2, -0.15) is 0 Å². The van der Waals surface area contributed by atoms with Crippen molar-refractivity contribution >= 4 is 17.3 Å². The summed E-state index contributed by atoms with van der Waals surface area (Å²) in [5.41, 5.74) is 8.79. The first-order valence-electron chi connectivity index (χ1n) is 14.1. The molecule has 4 rings (SSSR count). The first-order valence-corrected chi connectivity index (χ1v) is 14.1. The molecule has 0 fully saturated rings. The number of nitrogen functional groups attached to an aromatic ring is 1. The van der Waals surface area contributed by atoms with Gasteiger partial charge >= 0.3 is 0 Å². The zero-order valence-electron chi connectivity index (χ0n) is 24.3. The van der Waals surface area contributed by atoms with Crippen LogP contribution in [0.4, 0.5) is 11.4 Å². The number of nitrogens with two attached hydrogens (primary N) is 1. The van der Waals surface area contributed by atoms with Crippen molar-refractivity contribution in [2.24, 2.45) is 13.0 Å². The van der Waals surface area contributed by atoms with Gasteiger partial charge in [-0.1, -0.05) is 30.3 Å². The van der Waals surface area contributed by atoms with Gasteiger partial charge in [0.15, 0.2) is 5.76 Å². The average Bonchev–Trinajstić information content (AvgIpc) is 3.21. The topological polar surface area (TPSA) is 139 Å². The van der Waals surface area contributed by atoms with Crippen LogP contribution in [-0.2, 0) is 30.8 Å². The van der Waals surface area contributed by atoms with Crippen LogP contribution in [0.1, 0.15) is 30.5 Å². The van der Waals surface area contributed by atoms with Crippen LogP contribution >= 0.6 is 0 Å². The molecule has 11 nitrogen and oxygen atoms in total. The summed E-state index contributed by atoms with van der Waals surface area (Å²) in [4.78, 5) is 27.5. The first kappa shape index (κ1) is 31.0. The molecular formula is C31H40N4O7. The Bertz CT molecular complexity index is 1420. The molecule has 0 unspecified atom stereocenters. The number of nitrogens with one attached hydrogen (secondary N) is 1. The van der Waals surface area contributed by atoms with Gasteiger partial charge in [-0.15, -0.1) is 0 Å². The number of aliphatic hydroxyl groups excluding tert-OH is 1. The summed E-state index contributed by atoms with van der Waals surface area (Å²) in [5, 5.41) is 11.7. The molecule has 226 valence electrons. The lowest BCUT2D eigenvalue weighted by atomic mass is 9.81. The van der Waals surface area contributed by atoms with Gasteiger partial charge in [0.05, 0.1) is 43.5 Å². The Balaban J connectivity index is 1.71. The highest BCUT2D eigenvalue weighted by Crippen LogP contribution is 2.39. The number of ether oxygens (including phenoxy) is 4. The molecule has 1 amide bonds. The van der Waals surface area contributed by atoms with Crippen LogP contribution in [0.25, 0.3) is 5.69 Å². The maximum Gasteiger partial charge on any atom is 0.290 e. The zero-order valence-corrected chi connectivity index (χ0v) is 24.3. The molecular weight excluding hydrogens is 540 g/mol. The van der Waals surface area contributed by atoms with E-state index >= 15 is 0 Å². The molecule has 1 aliphatic rings. The van der Waals surface area contributed by atoms with Crippen molar-refractivity contribution in [2.75, 3.05) is 50.7 Å². The summed E-state index contributed by atoms with van der Waals surface area (Å²) < 4.78 is 26.7. The lowest BCUT2D eigenvalue weighted by Crippen LogP contribution is -2.39. The Kier molecular flexibility index (Phi) is 11.0. The number of amides is 1. The monoisotopic (exact) mass is 580 g/mol. The molecule has 1 aliphatic heterocycles. The maximum absolute atomic E-state index is 14.1. The molecule has 1 aromatic heterocycles. The van der Waals surface area contributed by atoms with Crippen molar-refractivity contribution in [3.63, 3.8) is 0 Å². The molecule has 42 heavy (non-hydrogen) atoms. The van der Waals surface area contributed by atoms with Crippen LogP contribution in [0, 0.1) is 12.8 Å². The van der Waals surface area contributed by atoms with Crippen LogP contribution in [0.3, 0.4) is 0 Å². The molecule has 0 spiro atoms. The highest BCUT2D eigenvalue weighted by molar-refractivity contribution is 6.04. The van der Waals surface area contributed by atoms with Gasteiger partial charge in [-0.25, -0.2) is 4.68 Å². The lowest BCUT2D eigenvalue weighted by molar-refractivity contribution is -0.166. The number of rotatable bonds is 14. The molecule has 4 N–H and O–H groups in total. The Labute approximate surface area is 245 Å². The summed E-state index contributed by atoms with van der Waals surface area (Å²) in [5.74, 6) is -1.29. The third kappa shape index (κ3) is 7.11. The van der Waals surface area contributed by atoms with E-state index < -0.39 is 18.1 Å². The van der Waals surface area contributed by atoms with Crippen LogP contribution in [-0.4, -0.2) is 66.3 Å². The lowest BCUT2D eigenvalue weighted by Gasteiger charge is -2.36. The van der Waals surface area contributed by atoms with Crippen molar-refractivity contribution in [1.29, 1.82) is 0 Å². The molecule has 3 atom stereocenters. The normalized spacial score (nSPS) is 18.4. The third-order valence-corrected chi connectivity index (χ3v) is 7.28. The van der Waals surface area contributed by atoms with Gasteiger partial charge in [0.2, 0.25) is 6.29 Å². The Morgan fingerprint density at radius 3 is 2.43 bits per heavy atom. The highest BCUT2D eigenvalue weighted by Gasteiger charge is 2.41. The van der Waals surface area contributed by atoms with Gasteiger partial charge in [-0.3, -0.25) is 14.3 Å². The number of aromatic nitrogens is 2. The molecule has 0 saturated heterocycles. The summed E-state index contributed by atoms with van der Waals surface area (Å²) in [6, 6.07) is 16.4. The van der Waals surface area contributed by atoms with Crippen LogP contribution in [0.15, 0.2) is 71.2 Å². The first-order chi connectivity index (χ1) is 20.4. The predicted molar refractivity (Wildman–Crippen MR) is 159 cm³/mol. The Morgan fingerprint density at radius 1 is 1.05 bits per heavy atom. The number of para-hydroxylation sites is 3. The molecule has 0 aliphatic carbocycles. The fourth-order valence-corrected chi connectivity index (χ4v) is 5.15. The molecule has 2 aromatic carbocycles. The number of aliphatic hydroxyl groups is 1. The van der Waals surface area contributed by atoms with E-state index in [9.17, 15) is 9.59 Å². The van der Waals surface area contributed by atoms with Gasteiger partial charge in [0.25, 0.3) is 11.5 Å². The fraction of sp³-hybridized carbons (Fsp3) is 0.419. The highest BCUT2D eigenvalue weighted by atomic mass is 16.7. The van der Waals surface area contributed by atoms with Gasteiger partial charge in [0.1, 0.15) is 0 Å². The van der Waals surface area contributed by atoms with E-state index in [0.717, 1.165) is 11.4 Å². The van der Waals surface area contributed by atoms with E-state index in [1.54, 1.807) is 35.0 Å². The average molecular weight is 581 g/mol. The summed E-state index contributed by atoms with van der Waals surface area (Å²) >= 11 is 0. The number of carbonyl (C=O) groups is 1. The molecule has 2 heterocycles. The van der Waals surface area contributed by atoms with Gasteiger partial charge in [0, 0.05) is 43.4 Å². The molecule has 0 bridgehead atoms. The fourth-order valence-electron chi connectivity index (χ4n) is 5.15. The number of carbonyl (C=O) groups excluding carboxylic acids is 1. The Morgan fingerprint density at radius 2 is 1.74 bits per heavy atom. The second kappa shape index (κ2) is 14.8. The van der Waals surface area contributed by atoms with E-state index in [0.29, 0.717) is 49.8 Å². The Hall–Kier alpha value is -3.90. The van der Waals surface area contributed by atoms with Crippen LogP contribution in [0.5, 0.6) is 0 Å². The van der Waals surface area contributed by atoms with E-state index in [1.165, 1.54) is 0 Å². The molecule has 11 heteroatoms. The van der Waals surface area contributed by atoms with Crippen LogP contribution in [0.2, 0.25) is 0 Å². The largest absolute Gasteiger partial charge is 0.459 e. The van der Waals surface area contributed by atoms with E-state index in [1.807, 2.05) is 55.9 Å². The van der Waals surface area contributed by atoms with Crippen molar-refractivity contribution in [2.45, 2.75) is 32.5 Å². The van der Waals surface area contributed by atoms with Crippen molar-refractivity contribution in [3.05, 3.63) is 88.0 Å². The smallest absolute Gasteiger partial charge is 0.290 e. The molecule has 3 aromatic rings. The number of anilines is 2. The maximum atomic E-state index is 14.1. The van der Waals surface area contributed by atoms with Crippen molar-refractivity contribution in [1.82, 2.24) is 9.36 Å². The minimum Gasteiger partial charge on any atom is -0.459 e. The number of hydrogen-bond donors (Lipinski definition) is 3. The third-order valence-electron chi connectivity index (χ3n) is 7.28. The second-order valence-corrected chi connectivity index (χ2v) is 9.92. The number of nitrogens with zero attached hydrogens (tertiary/aromatic N) is 2. The predicted octanol–water partition coefficient (Wildman–Crippen LogP) is 3.10. The quantitative estimate of drug-likeness (QED) is 0.195. The SMILES string of the molecule is CCO[C@@H]1OC(C(=O)Nc2ccccc2N)=C[C@H](c2c(C)n(C)n(-c3ccccc3)c2=O)[C@@H]1CCOCCOCCO. The summed E-state index contributed by atoms with van der Waals surface area (Å²) in [6.07, 6.45) is 1.39. The molecule has 0 saturated carbocycles. The van der Waals surface area contributed by atoms with Crippen molar-refractivity contribution < 1.29 is 28.8 Å². The van der Waals surface area contributed by atoms with Crippen LogP contribution < -0.4 is 16.6 Å². The summed E-state index contributed by atoms with van der Waals surface area (Å²) in [7, 11) is 1.84. The van der Waals surface area contributed by atoms with Crippen molar-refractivity contribution in [3.8, 4) is 5.69 Å². The van der Waals surface area contributed by atoms with E-state index in [2.05, 4.69) is 5.32 Å². The standard InChI is InChI=1S/C31H40N4O7/c1-4-41-31-23(14-16-39-18-19-40-17-15-36)24(20-27(42-31)29(37)33-26-13-9-8-12-25(26)32)28-21(2)34(3)35(30(28)38)22-10-6-5-7-11-22/h5-13,20,23-24,31,36H,4,14-19,32H2,1-3H3,(H,33,37)/t23-,24-,31+/m0/s1. The number of allylic oxidation sites excluding steroid dienone is 1. The minimum atomic E-state index is -0.808. The van der Waals surface area contributed by atoms with Gasteiger partial charge in [-0.05, 0) is 50.6 Å². The number of benzene rings is 2. The minimum absolute atomic E-state index is 0.0465. The number of hydrogen-bond acceptors (Lipinski definition) is 8.